The van der Waals surface area contributed by atoms with E-state index in [2.05, 4.69) is 17.4 Å². The largest absolute Gasteiger partial charge is 0.493 e. The number of benzene rings is 3. The van der Waals surface area contributed by atoms with E-state index in [4.69, 9.17) is 4.74 Å². The Balaban J connectivity index is 1.49. The molecule has 0 fully saturated rings. The molecule has 1 N–H and O–H groups in total. The molecule has 3 rings (SSSR count). The van der Waals surface area contributed by atoms with E-state index < -0.39 is 11.7 Å². The van der Waals surface area contributed by atoms with Crippen molar-refractivity contribution >= 4 is 5.69 Å². The number of halogens is 3. The third-order valence-corrected chi connectivity index (χ3v) is 4.11. The van der Waals surface area contributed by atoms with E-state index in [1.807, 2.05) is 42.5 Å². The fourth-order valence-corrected chi connectivity index (χ4v) is 2.64. The number of hydrogen-bond acceptors (Lipinski definition) is 2. The second-order valence-corrected chi connectivity index (χ2v) is 6.16. The lowest BCUT2D eigenvalue weighted by Gasteiger charge is -2.11. The lowest BCUT2D eigenvalue weighted by atomic mass is 10.1. The van der Waals surface area contributed by atoms with Gasteiger partial charge in [0.1, 0.15) is 5.75 Å². The van der Waals surface area contributed by atoms with Gasteiger partial charge < -0.3 is 10.1 Å². The maximum atomic E-state index is 12.7. The summed E-state index contributed by atoms with van der Waals surface area (Å²) in [7, 11) is 0. The minimum absolute atomic E-state index is 0.436. The van der Waals surface area contributed by atoms with Gasteiger partial charge in [-0.1, -0.05) is 48.5 Å². The van der Waals surface area contributed by atoms with Crippen LogP contribution in [0, 0.1) is 0 Å². The summed E-state index contributed by atoms with van der Waals surface area (Å²) in [5.41, 5.74) is 1.96. The summed E-state index contributed by atoms with van der Waals surface area (Å²) in [6.45, 7) is 1.03. The quantitative estimate of drug-likeness (QED) is 0.555. The smallest absolute Gasteiger partial charge is 0.416 e. The van der Waals surface area contributed by atoms with Crippen LogP contribution in [0.4, 0.5) is 18.9 Å². The van der Waals surface area contributed by atoms with Gasteiger partial charge >= 0.3 is 6.18 Å². The average molecular weight is 371 g/mol. The van der Waals surface area contributed by atoms with Crippen molar-refractivity contribution in [1.29, 1.82) is 0 Å². The van der Waals surface area contributed by atoms with Crippen molar-refractivity contribution in [3.05, 3.63) is 95.6 Å². The third kappa shape index (κ3) is 5.78. The topological polar surface area (TPSA) is 21.3 Å². The first kappa shape index (κ1) is 18.8. The van der Waals surface area contributed by atoms with Crippen LogP contribution in [-0.4, -0.2) is 6.61 Å². The van der Waals surface area contributed by atoms with Crippen LogP contribution < -0.4 is 10.1 Å². The molecule has 2 nitrogen and oxygen atoms in total. The molecule has 0 atom stereocenters. The van der Waals surface area contributed by atoms with Gasteiger partial charge in [0.15, 0.2) is 0 Å². The molecule has 0 saturated heterocycles. The molecule has 3 aromatic carbocycles. The molecule has 0 saturated carbocycles. The first-order chi connectivity index (χ1) is 13.0. The maximum Gasteiger partial charge on any atom is 0.416 e. The van der Waals surface area contributed by atoms with E-state index in [0.29, 0.717) is 18.8 Å². The van der Waals surface area contributed by atoms with Crippen LogP contribution in [0.2, 0.25) is 0 Å². The lowest BCUT2D eigenvalue weighted by molar-refractivity contribution is -0.137. The van der Waals surface area contributed by atoms with Crippen molar-refractivity contribution in [1.82, 2.24) is 0 Å². The molecule has 0 aliphatic rings. The zero-order chi connectivity index (χ0) is 19.1. The van der Waals surface area contributed by atoms with E-state index in [-0.39, 0.29) is 0 Å². The van der Waals surface area contributed by atoms with E-state index in [0.717, 1.165) is 29.9 Å². The summed E-state index contributed by atoms with van der Waals surface area (Å²) in [6, 6.07) is 22.8. The van der Waals surface area contributed by atoms with Crippen LogP contribution in [0.1, 0.15) is 16.7 Å². The summed E-state index contributed by atoms with van der Waals surface area (Å²) < 4.78 is 44.0. The Morgan fingerprint density at radius 3 is 2.22 bits per heavy atom. The Hall–Kier alpha value is -2.95. The normalized spacial score (nSPS) is 11.2. The summed E-state index contributed by atoms with van der Waals surface area (Å²) in [5, 5.41) is 3.02. The third-order valence-electron chi connectivity index (χ3n) is 4.11. The monoisotopic (exact) mass is 371 g/mol. The SMILES string of the molecule is FC(F)(F)c1cccc(NCc2ccc(OCCc3ccccc3)cc2)c1. The number of ether oxygens (including phenoxy) is 1. The van der Waals surface area contributed by atoms with Crippen LogP contribution in [0.15, 0.2) is 78.9 Å². The van der Waals surface area contributed by atoms with Crippen molar-refractivity contribution in [3.8, 4) is 5.75 Å². The Bertz CT molecular complexity index is 845. The molecule has 0 unspecified atom stereocenters. The zero-order valence-corrected chi connectivity index (χ0v) is 14.7. The standard InChI is InChI=1S/C22H20F3NO/c23-22(24,25)19-7-4-8-20(15-19)26-16-18-9-11-21(12-10-18)27-14-13-17-5-2-1-3-6-17/h1-12,15,26H,13-14,16H2. The van der Waals surface area contributed by atoms with E-state index in [9.17, 15) is 13.2 Å². The van der Waals surface area contributed by atoms with Gasteiger partial charge in [-0.25, -0.2) is 0 Å². The van der Waals surface area contributed by atoms with Crippen LogP contribution >= 0.6 is 0 Å². The minimum Gasteiger partial charge on any atom is -0.493 e. The summed E-state index contributed by atoms with van der Waals surface area (Å²) >= 11 is 0. The van der Waals surface area contributed by atoms with Gasteiger partial charge in [-0.3, -0.25) is 0 Å². The van der Waals surface area contributed by atoms with Crippen molar-refractivity contribution < 1.29 is 17.9 Å². The van der Waals surface area contributed by atoms with Gasteiger partial charge in [0, 0.05) is 18.7 Å². The van der Waals surface area contributed by atoms with E-state index in [1.165, 1.54) is 11.6 Å². The van der Waals surface area contributed by atoms with Crippen LogP contribution in [0.5, 0.6) is 5.75 Å². The summed E-state index contributed by atoms with van der Waals surface area (Å²) in [6.07, 6.45) is -3.50. The fraction of sp³-hybridized carbons (Fsp3) is 0.182. The van der Waals surface area contributed by atoms with Gasteiger partial charge in [0.05, 0.1) is 12.2 Å². The maximum absolute atomic E-state index is 12.7. The first-order valence-electron chi connectivity index (χ1n) is 8.67. The van der Waals surface area contributed by atoms with Crippen molar-refractivity contribution in [2.24, 2.45) is 0 Å². The zero-order valence-electron chi connectivity index (χ0n) is 14.7. The van der Waals surface area contributed by atoms with Crippen molar-refractivity contribution in [2.45, 2.75) is 19.1 Å². The van der Waals surface area contributed by atoms with Crippen LogP contribution in [0.3, 0.4) is 0 Å². The predicted octanol–water partition coefficient (Wildman–Crippen LogP) is 5.94. The number of rotatable bonds is 7. The first-order valence-corrected chi connectivity index (χ1v) is 8.67. The highest BCUT2D eigenvalue weighted by Crippen LogP contribution is 2.30. The Morgan fingerprint density at radius 1 is 0.778 bits per heavy atom. The van der Waals surface area contributed by atoms with E-state index >= 15 is 0 Å². The summed E-state index contributed by atoms with van der Waals surface area (Å²) in [4.78, 5) is 0. The molecule has 5 heteroatoms. The van der Waals surface area contributed by atoms with Crippen molar-refractivity contribution in [3.63, 3.8) is 0 Å². The molecule has 0 bridgehead atoms. The predicted molar refractivity (Wildman–Crippen MR) is 101 cm³/mol. The van der Waals surface area contributed by atoms with Crippen LogP contribution in [-0.2, 0) is 19.1 Å². The highest BCUT2D eigenvalue weighted by molar-refractivity contribution is 5.47. The summed E-state index contributed by atoms with van der Waals surface area (Å²) in [5.74, 6) is 0.772. The highest BCUT2D eigenvalue weighted by atomic mass is 19.4. The molecule has 0 heterocycles. The Morgan fingerprint density at radius 2 is 1.52 bits per heavy atom. The van der Waals surface area contributed by atoms with Gasteiger partial charge in [-0.2, -0.15) is 13.2 Å². The second-order valence-electron chi connectivity index (χ2n) is 6.16. The average Bonchev–Trinajstić information content (AvgIpc) is 2.68. The lowest BCUT2D eigenvalue weighted by Crippen LogP contribution is -2.06. The molecule has 3 aromatic rings. The number of alkyl halides is 3. The molecular weight excluding hydrogens is 351 g/mol. The number of anilines is 1. The van der Waals surface area contributed by atoms with Gasteiger partial charge in [0.25, 0.3) is 0 Å². The highest BCUT2D eigenvalue weighted by Gasteiger charge is 2.30. The number of hydrogen-bond donors (Lipinski definition) is 1. The molecule has 140 valence electrons. The van der Waals surface area contributed by atoms with Gasteiger partial charge in [0.2, 0.25) is 0 Å². The Kier molecular flexibility index (Phi) is 6.01. The van der Waals surface area contributed by atoms with Gasteiger partial charge in [-0.15, -0.1) is 0 Å². The molecule has 0 amide bonds. The molecule has 0 aromatic heterocycles. The molecular formula is C22H20F3NO. The Labute approximate surface area is 156 Å². The molecule has 0 spiro atoms. The fourth-order valence-electron chi connectivity index (χ4n) is 2.64. The van der Waals surface area contributed by atoms with Gasteiger partial charge in [-0.05, 0) is 41.5 Å². The molecule has 0 aliphatic carbocycles. The second kappa shape index (κ2) is 8.62. The molecule has 0 aliphatic heterocycles. The molecule has 0 radical (unpaired) electrons. The number of nitrogens with one attached hydrogen (secondary N) is 1. The van der Waals surface area contributed by atoms with E-state index in [1.54, 1.807) is 6.07 Å². The van der Waals surface area contributed by atoms with Crippen molar-refractivity contribution in [2.75, 3.05) is 11.9 Å². The molecule has 27 heavy (non-hydrogen) atoms. The minimum atomic E-state index is -4.34. The van der Waals surface area contributed by atoms with Crippen LogP contribution in [0.25, 0.3) is 0 Å².